The summed E-state index contributed by atoms with van der Waals surface area (Å²) in [5.41, 5.74) is 0.479. The fourth-order valence-electron chi connectivity index (χ4n) is 3.87. The molecule has 2 N–H and O–H groups in total. The van der Waals surface area contributed by atoms with E-state index in [9.17, 15) is 10.2 Å². The van der Waals surface area contributed by atoms with Crippen molar-refractivity contribution in [2.75, 3.05) is 13.2 Å². The summed E-state index contributed by atoms with van der Waals surface area (Å²) in [4.78, 5) is 0. The summed E-state index contributed by atoms with van der Waals surface area (Å²) < 4.78 is 0. The van der Waals surface area contributed by atoms with Crippen molar-refractivity contribution in [1.82, 2.24) is 0 Å². The van der Waals surface area contributed by atoms with Gasteiger partial charge in [0.25, 0.3) is 0 Å². The van der Waals surface area contributed by atoms with Crippen molar-refractivity contribution in [3.05, 3.63) is 0 Å². The van der Waals surface area contributed by atoms with E-state index in [1.807, 2.05) is 0 Å². The van der Waals surface area contributed by atoms with E-state index in [1.165, 1.54) is 0 Å². The zero-order valence-corrected chi connectivity index (χ0v) is 18.2. The van der Waals surface area contributed by atoms with Crippen molar-refractivity contribution in [2.45, 2.75) is 82.1 Å². The van der Waals surface area contributed by atoms with E-state index in [0.717, 1.165) is 12.8 Å². The summed E-state index contributed by atoms with van der Waals surface area (Å²) in [6.07, 6.45) is 2.32. The van der Waals surface area contributed by atoms with Crippen LogP contribution in [-0.2, 0) is 0 Å². The Morgan fingerprint density at radius 1 is 0.542 bits per heavy atom. The lowest BCUT2D eigenvalue weighted by Crippen LogP contribution is -2.39. The molecule has 0 aliphatic heterocycles. The zero-order chi connectivity index (χ0) is 19.3. The summed E-state index contributed by atoms with van der Waals surface area (Å²) in [6.45, 7) is 23.7. The second-order valence-corrected chi connectivity index (χ2v) is 10.7. The van der Waals surface area contributed by atoms with Gasteiger partial charge in [-0.3, -0.25) is 0 Å². The Morgan fingerprint density at radius 3 is 0.958 bits per heavy atom. The molecule has 2 nitrogen and oxygen atoms in total. The molecule has 0 spiro atoms. The molecule has 0 saturated heterocycles. The maximum absolute atomic E-state index is 9.54. The van der Waals surface area contributed by atoms with Crippen LogP contribution in [0.5, 0.6) is 0 Å². The van der Waals surface area contributed by atoms with Crippen LogP contribution in [0.2, 0.25) is 0 Å². The van der Waals surface area contributed by atoms with Crippen LogP contribution in [0.25, 0.3) is 0 Å². The van der Waals surface area contributed by atoms with Crippen LogP contribution in [-0.4, -0.2) is 23.4 Å². The number of rotatable bonds is 9. The molecule has 0 fully saturated rings. The fraction of sp³-hybridized carbons (Fsp3) is 1.00. The average molecular weight is 343 g/mol. The van der Waals surface area contributed by atoms with E-state index in [1.54, 1.807) is 0 Å². The number of aliphatic hydroxyl groups excluding tert-OH is 2. The van der Waals surface area contributed by atoms with Crippen LogP contribution in [0.4, 0.5) is 0 Å². The smallest absolute Gasteiger partial charge is 0.0459 e. The van der Waals surface area contributed by atoms with Crippen LogP contribution >= 0.6 is 0 Å². The van der Waals surface area contributed by atoms with Gasteiger partial charge in [-0.1, -0.05) is 69.2 Å². The summed E-state index contributed by atoms with van der Waals surface area (Å²) in [5, 5.41) is 19.1. The highest BCUT2D eigenvalue weighted by Gasteiger charge is 2.40. The molecule has 0 aromatic heterocycles. The van der Waals surface area contributed by atoms with E-state index >= 15 is 0 Å². The second kappa shape index (κ2) is 9.57. The minimum atomic E-state index is 0.240. The molecule has 0 aromatic carbocycles. The summed E-state index contributed by atoms with van der Waals surface area (Å²) >= 11 is 0. The molecule has 0 aromatic rings. The maximum Gasteiger partial charge on any atom is 0.0459 e. The molecular weight excluding hydrogens is 296 g/mol. The van der Waals surface area contributed by atoms with Crippen LogP contribution in [0.15, 0.2) is 0 Å². The van der Waals surface area contributed by atoms with Gasteiger partial charge in [-0.25, -0.2) is 0 Å². The highest BCUT2D eigenvalue weighted by Crippen LogP contribution is 2.48. The van der Waals surface area contributed by atoms with Crippen molar-refractivity contribution in [3.8, 4) is 0 Å². The van der Waals surface area contributed by atoms with Gasteiger partial charge < -0.3 is 10.2 Å². The first-order valence-electron chi connectivity index (χ1n) is 9.97. The van der Waals surface area contributed by atoms with E-state index < -0.39 is 0 Å². The molecule has 0 aliphatic rings. The van der Waals surface area contributed by atoms with Gasteiger partial charge in [0.15, 0.2) is 0 Å². The topological polar surface area (TPSA) is 40.5 Å². The van der Waals surface area contributed by atoms with Crippen molar-refractivity contribution in [1.29, 1.82) is 0 Å². The number of hydrogen-bond donors (Lipinski definition) is 2. The van der Waals surface area contributed by atoms with E-state index in [2.05, 4.69) is 69.2 Å². The van der Waals surface area contributed by atoms with Crippen LogP contribution < -0.4 is 0 Å². The van der Waals surface area contributed by atoms with Crippen LogP contribution in [0.3, 0.4) is 0 Å². The molecule has 0 heterocycles. The SMILES string of the molecule is CC(CO)C(C)CC(C(CC(C)C(C)CO)C(C)(C)C)C(C)(C)C. The monoisotopic (exact) mass is 342 g/mol. The van der Waals surface area contributed by atoms with Gasteiger partial charge in [-0.05, 0) is 59.2 Å². The van der Waals surface area contributed by atoms with Crippen molar-refractivity contribution in [3.63, 3.8) is 0 Å². The third-order valence-corrected chi connectivity index (χ3v) is 6.48. The lowest BCUT2D eigenvalue weighted by atomic mass is 9.59. The second-order valence-electron chi connectivity index (χ2n) is 10.7. The van der Waals surface area contributed by atoms with E-state index in [4.69, 9.17) is 0 Å². The molecule has 0 amide bonds. The van der Waals surface area contributed by atoms with Crippen molar-refractivity contribution < 1.29 is 10.2 Å². The Kier molecular flexibility index (Phi) is 9.54. The molecule has 0 bridgehead atoms. The van der Waals surface area contributed by atoms with Crippen molar-refractivity contribution >= 4 is 0 Å². The number of aliphatic hydroxyl groups is 2. The molecule has 146 valence electrons. The minimum Gasteiger partial charge on any atom is -0.396 e. The van der Waals surface area contributed by atoms with Gasteiger partial charge >= 0.3 is 0 Å². The Hall–Kier alpha value is -0.0800. The third kappa shape index (κ3) is 7.44. The Balaban J connectivity index is 5.53. The van der Waals surface area contributed by atoms with Crippen LogP contribution in [0, 0.1) is 46.3 Å². The molecule has 0 aliphatic carbocycles. The molecule has 2 heteroatoms. The minimum absolute atomic E-state index is 0.240. The molecule has 0 radical (unpaired) electrons. The first-order valence-corrected chi connectivity index (χ1v) is 9.97. The Labute approximate surface area is 152 Å². The summed E-state index contributed by atoms with van der Waals surface area (Å²) in [7, 11) is 0. The predicted molar refractivity (Wildman–Crippen MR) is 106 cm³/mol. The Morgan fingerprint density at radius 2 is 0.792 bits per heavy atom. The normalized spacial score (nSPS) is 21.0. The average Bonchev–Trinajstić information content (AvgIpc) is 2.45. The summed E-state index contributed by atoms with van der Waals surface area (Å²) in [6, 6.07) is 0. The standard InChI is InChI=1S/C22H46O2/c1-15(17(3)13-23)11-19(21(5,6)7)20(22(8,9)10)12-16(2)18(4)14-24/h15-20,23-24H,11-14H2,1-10H3. The molecule has 24 heavy (non-hydrogen) atoms. The largest absolute Gasteiger partial charge is 0.396 e. The van der Waals surface area contributed by atoms with Gasteiger partial charge in [0.1, 0.15) is 0 Å². The first kappa shape index (κ1) is 23.9. The highest BCUT2D eigenvalue weighted by atomic mass is 16.3. The third-order valence-electron chi connectivity index (χ3n) is 6.48. The summed E-state index contributed by atoms with van der Waals surface area (Å²) in [5.74, 6) is 2.96. The van der Waals surface area contributed by atoms with E-state index in [0.29, 0.717) is 35.5 Å². The molecule has 0 rings (SSSR count). The van der Waals surface area contributed by atoms with E-state index in [-0.39, 0.29) is 24.0 Å². The molecular formula is C22H46O2. The van der Waals surface area contributed by atoms with Gasteiger partial charge in [0.05, 0.1) is 0 Å². The highest BCUT2D eigenvalue weighted by molar-refractivity contribution is 4.90. The van der Waals surface area contributed by atoms with Crippen LogP contribution in [0.1, 0.15) is 82.1 Å². The molecule has 0 saturated carbocycles. The zero-order valence-electron chi connectivity index (χ0n) is 18.2. The first-order chi connectivity index (χ1) is 10.8. The lowest BCUT2D eigenvalue weighted by molar-refractivity contribution is 0.0185. The van der Waals surface area contributed by atoms with Crippen molar-refractivity contribution in [2.24, 2.45) is 46.3 Å². The predicted octanol–water partition coefficient (Wildman–Crippen LogP) is 5.62. The van der Waals surface area contributed by atoms with Gasteiger partial charge in [0.2, 0.25) is 0 Å². The number of hydrogen-bond acceptors (Lipinski definition) is 2. The fourth-order valence-corrected chi connectivity index (χ4v) is 3.87. The van der Waals surface area contributed by atoms with Gasteiger partial charge in [0, 0.05) is 13.2 Å². The quantitative estimate of drug-likeness (QED) is 0.571. The molecule has 6 unspecified atom stereocenters. The lowest BCUT2D eigenvalue weighted by Gasteiger charge is -2.47. The van der Waals surface area contributed by atoms with Gasteiger partial charge in [-0.15, -0.1) is 0 Å². The molecule has 6 atom stereocenters. The Bertz CT molecular complexity index is 303. The van der Waals surface area contributed by atoms with Gasteiger partial charge in [-0.2, -0.15) is 0 Å². The maximum atomic E-state index is 9.54.